The van der Waals surface area contributed by atoms with Crippen LogP contribution in [-0.4, -0.2) is 35.1 Å². The van der Waals surface area contributed by atoms with E-state index in [4.69, 9.17) is 14.6 Å². The van der Waals surface area contributed by atoms with Gasteiger partial charge in [0.25, 0.3) is 0 Å². The Morgan fingerprint density at radius 2 is 1.62 bits per heavy atom. The molecule has 2 rings (SSSR count). The summed E-state index contributed by atoms with van der Waals surface area (Å²) in [5.41, 5.74) is -2.35. The number of carbonyl (C=O) groups is 1. The summed E-state index contributed by atoms with van der Waals surface area (Å²) in [6.07, 6.45) is 0. The molecule has 0 atom stereocenters. The van der Waals surface area contributed by atoms with Gasteiger partial charge in [-0.1, -0.05) is 0 Å². The highest BCUT2D eigenvalue weighted by molar-refractivity contribution is 5.93. The highest BCUT2D eigenvalue weighted by atomic mass is 16.6. The van der Waals surface area contributed by atoms with Gasteiger partial charge in [0.05, 0.1) is 35.3 Å². The molecule has 0 aliphatic heterocycles. The van der Waals surface area contributed by atoms with E-state index in [1.807, 2.05) is 0 Å². The second-order valence-corrected chi connectivity index (χ2v) is 4.90. The van der Waals surface area contributed by atoms with Gasteiger partial charge in [0.1, 0.15) is 11.5 Å². The van der Waals surface area contributed by atoms with E-state index in [2.05, 4.69) is 5.32 Å². The molecule has 0 aliphatic carbocycles. The highest BCUT2D eigenvalue weighted by Crippen LogP contribution is 2.40. The molecule has 0 fully saturated rings. The average molecular weight is 363 g/mol. The average Bonchev–Trinajstić information content (AvgIpc) is 2.61. The van der Waals surface area contributed by atoms with Crippen LogP contribution in [0.2, 0.25) is 0 Å². The fourth-order valence-electron chi connectivity index (χ4n) is 2.19. The molecule has 0 aromatic heterocycles. The van der Waals surface area contributed by atoms with Crippen molar-refractivity contribution in [3.63, 3.8) is 0 Å². The highest BCUT2D eigenvalue weighted by Gasteiger charge is 2.29. The largest absolute Gasteiger partial charge is 0.497 e. The van der Waals surface area contributed by atoms with E-state index in [9.17, 15) is 25.0 Å². The maximum Gasteiger partial charge on any atom is 0.336 e. The number of carboxylic acids is 1. The molecular formula is C15H13N3O8. The Morgan fingerprint density at radius 1 is 1.04 bits per heavy atom. The molecule has 2 N–H and O–H groups in total. The number of benzene rings is 2. The van der Waals surface area contributed by atoms with Gasteiger partial charge in [0.15, 0.2) is 5.69 Å². The number of nitrogens with zero attached hydrogens (tertiary/aromatic N) is 2. The lowest BCUT2D eigenvalue weighted by Gasteiger charge is -2.13. The zero-order valence-electron chi connectivity index (χ0n) is 13.6. The molecule has 0 bridgehead atoms. The smallest absolute Gasteiger partial charge is 0.336 e. The van der Waals surface area contributed by atoms with Crippen LogP contribution in [0.25, 0.3) is 0 Å². The molecule has 11 heteroatoms. The molecule has 136 valence electrons. The minimum atomic E-state index is -1.52. The van der Waals surface area contributed by atoms with E-state index < -0.39 is 38.4 Å². The summed E-state index contributed by atoms with van der Waals surface area (Å²) in [5.74, 6) is -0.863. The van der Waals surface area contributed by atoms with Crippen molar-refractivity contribution in [3.8, 4) is 11.5 Å². The summed E-state index contributed by atoms with van der Waals surface area (Å²) >= 11 is 0. The van der Waals surface area contributed by atoms with Crippen LogP contribution in [0.3, 0.4) is 0 Å². The molecular weight excluding hydrogens is 350 g/mol. The molecule has 0 saturated heterocycles. The van der Waals surface area contributed by atoms with Gasteiger partial charge in [-0.2, -0.15) is 0 Å². The topological polar surface area (TPSA) is 154 Å². The Labute approximate surface area is 146 Å². The predicted molar refractivity (Wildman–Crippen MR) is 89.5 cm³/mol. The molecule has 0 saturated carbocycles. The first-order chi connectivity index (χ1) is 12.3. The first-order valence-electron chi connectivity index (χ1n) is 6.97. The zero-order valence-corrected chi connectivity index (χ0v) is 13.6. The van der Waals surface area contributed by atoms with Crippen molar-refractivity contribution >= 4 is 28.7 Å². The van der Waals surface area contributed by atoms with Gasteiger partial charge in [0.2, 0.25) is 0 Å². The van der Waals surface area contributed by atoms with Crippen LogP contribution >= 0.6 is 0 Å². The molecule has 11 nitrogen and oxygen atoms in total. The van der Waals surface area contributed by atoms with Crippen LogP contribution in [0.1, 0.15) is 10.4 Å². The zero-order chi connectivity index (χ0) is 19.4. The van der Waals surface area contributed by atoms with Crippen LogP contribution in [0.5, 0.6) is 11.5 Å². The van der Waals surface area contributed by atoms with Gasteiger partial charge in [-0.25, -0.2) is 4.79 Å². The standard InChI is InChI=1S/C15H13N3O8/c1-25-9-3-4-10(13(7-9)26-2)16-14-11(17(21)22)5-8(15(19)20)6-12(14)18(23)24/h3-7,16H,1-2H3,(H,19,20). The maximum atomic E-state index is 11.3. The number of hydrogen-bond donors (Lipinski definition) is 2. The summed E-state index contributed by atoms with van der Waals surface area (Å²) in [6.45, 7) is 0. The molecule has 26 heavy (non-hydrogen) atoms. The second kappa shape index (κ2) is 7.34. The third-order valence-corrected chi connectivity index (χ3v) is 3.41. The Hall–Kier alpha value is -3.89. The lowest BCUT2D eigenvalue weighted by atomic mass is 10.1. The van der Waals surface area contributed by atoms with Crippen molar-refractivity contribution in [2.24, 2.45) is 0 Å². The summed E-state index contributed by atoms with van der Waals surface area (Å²) in [6, 6.07) is 5.94. The quantitative estimate of drug-likeness (QED) is 0.558. The Kier molecular flexibility index (Phi) is 5.21. The second-order valence-electron chi connectivity index (χ2n) is 4.90. The summed E-state index contributed by atoms with van der Waals surface area (Å²) in [7, 11) is 2.78. The predicted octanol–water partition coefficient (Wildman–Crippen LogP) is 2.96. The van der Waals surface area contributed by atoms with Gasteiger partial charge in [-0.3, -0.25) is 20.2 Å². The molecule has 0 amide bonds. The van der Waals surface area contributed by atoms with Crippen molar-refractivity contribution in [1.29, 1.82) is 0 Å². The summed E-state index contributed by atoms with van der Waals surface area (Å²) in [4.78, 5) is 31.9. The molecule has 2 aromatic carbocycles. The Balaban J connectivity index is 2.67. The van der Waals surface area contributed by atoms with E-state index in [-0.39, 0.29) is 11.4 Å². The van der Waals surface area contributed by atoms with E-state index in [1.54, 1.807) is 0 Å². The van der Waals surface area contributed by atoms with E-state index in [0.717, 1.165) is 12.1 Å². The van der Waals surface area contributed by atoms with E-state index in [0.29, 0.717) is 5.75 Å². The Bertz CT molecular complexity index is 861. The van der Waals surface area contributed by atoms with E-state index >= 15 is 0 Å². The molecule has 2 aromatic rings. The third kappa shape index (κ3) is 3.61. The van der Waals surface area contributed by atoms with Crippen molar-refractivity contribution in [2.45, 2.75) is 0 Å². The van der Waals surface area contributed by atoms with Crippen LogP contribution in [0, 0.1) is 20.2 Å². The van der Waals surface area contributed by atoms with Crippen molar-refractivity contribution < 1.29 is 29.2 Å². The van der Waals surface area contributed by atoms with Crippen molar-refractivity contribution in [3.05, 3.63) is 56.1 Å². The minimum absolute atomic E-state index is 0.197. The number of anilines is 2. The molecule has 0 spiro atoms. The lowest BCUT2D eigenvalue weighted by molar-refractivity contribution is -0.392. The van der Waals surface area contributed by atoms with Gasteiger partial charge < -0.3 is 19.9 Å². The van der Waals surface area contributed by atoms with Gasteiger partial charge in [0, 0.05) is 18.2 Å². The van der Waals surface area contributed by atoms with Crippen molar-refractivity contribution in [1.82, 2.24) is 0 Å². The van der Waals surface area contributed by atoms with Crippen molar-refractivity contribution in [2.75, 3.05) is 19.5 Å². The third-order valence-electron chi connectivity index (χ3n) is 3.41. The number of ether oxygens (including phenoxy) is 2. The van der Waals surface area contributed by atoms with Crippen LogP contribution in [0.15, 0.2) is 30.3 Å². The van der Waals surface area contributed by atoms with Crippen LogP contribution in [0.4, 0.5) is 22.7 Å². The maximum absolute atomic E-state index is 11.3. The number of rotatable bonds is 7. The number of nitro groups is 2. The number of carboxylic acid groups (broad SMARTS) is 1. The molecule has 0 unspecified atom stereocenters. The first-order valence-corrected chi connectivity index (χ1v) is 6.97. The molecule has 0 radical (unpaired) electrons. The molecule has 0 heterocycles. The number of nitrogens with one attached hydrogen (secondary N) is 1. The van der Waals surface area contributed by atoms with Crippen LogP contribution < -0.4 is 14.8 Å². The fourth-order valence-corrected chi connectivity index (χ4v) is 2.19. The number of methoxy groups -OCH3 is 2. The monoisotopic (exact) mass is 363 g/mol. The van der Waals surface area contributed by atoms with Gasteiger partial charge in [-0.15, -0.1) is 0 Å². The SMILES string of the molecule is COc1ccc(Nc2c([N+](=O)[O-])cc(C(=O)O)cc2[N+](=O)[O-])c(OC)c1. The van der Waals surface area contributed by atoms with Gasteiger partial charge >= 0.3 is 17.3 Å². The first kappa shape index (κ1) is 18.4. The summed E-state index contributed by atoms with van der Waals surface area (Å²) < 4.78 is 10.2. The minimum Gasteiger partial charge on any atom is -0.497 e. The normalized spacial score (nSPS) is 10.1. The van der Waals surface area contributed by atoms with Gasteiger partial charge in [-0.05, 0) is 12.1 Å². The van der Waals surface area contributed by atoms with Crippen LogP contribution in [-0.2, 0) is 0 Å². The number of hydrogen-bond acceptors (Lipinski definition) is 8. The summed E-state index contributed by atoms with van der Waals surface area (Å²) in [5, 5.41) is 34.2. The van der Waals surface area contributed by atoms with E-state index in [1.165, 1.54) is 32.4 Å². The fraction of sp³-hybridized carbons (Fsp3) is 0.133. The molecule has 0 aliphatic rings. The number of aromatic carboxylic acids is 1. The lowest BCUT2D eigenvalue weighted by Crippen LogP contribution is -2.06. The number of nitro benzene ring substituents is 2. The Morgan fingerprint density at radius 3 is 2.04 bits per heavy atom.